The first-order valence-electron chi connectivity index (χ1n) is 8.18. The van der Waals surface area contributed by atoms with Crippen molar-refractivity contribution in [3.8, 4) is 5.75 Å². The summed E-state index contributed by atoms with van der Waals surface area (Å²) in [5.74, 6) is -0.778. The van der Waals surface area contributed by atoms with Gasteiger partial charge < -0.3 is 19.6 Å². The Labute approximate surface area is 150 Å². The number of para-hydroxylation sites is 1. The molecule has 0 unspecified atom stereocenters. The molecule has 1 heterocycles. The number of carbonyl (C=O) groups is 2. The smallest absolute Gasteiger partial charge is 0.342 e. The van der Waals surface area contributed by atoms with Crippen LogP contribution in [0.3, 0.4) is 0 Å². The molecular formula is C20H19NO5. The third-order valence-electron chi connectivity index (χ3n) is 3.96. The van der Waals surface area contributed by atoms with Gasteiger partial charge in [-0.3, -0.25) is 4.79 Å². The number of esters is 1. The predicted molar refractivity (Wildman–Crippen MR) is 95.9 cm³/mol. The zero-order valence-corrected chi connectivity index (χ0v) is 14.5. The van der Waals surface area contributed by atoms with Crippen LogP contribution in [0.2, 0.25) is 0 Å². The van der Waals surface area contributed by atoms with E-state index in [0.29, 0.717) is 5.76 Å². The maximum absolute atomic E-state index is 12.0. The highest BCUT2D eigenvalue weighted by molar-refractivity contribution is 5.94. The Morgan fingerprint density at radius 3 is 2.69 bits per heavy atom. The Bertz CT molecular complexity index is 927. The number of hydrogen-bond donors (Lipinski definition) is 2. The lowest BCUT2D eigenvalue weighted by molar-refractivity contribution is -0.125. The van der Waals surface area contributed by atoms with Gasteiger partial charge in [-0.2, -0.15) is 0 Å². The van der Waals surface area contributed by atoms with Gasteiger partial charge in [0.2, 0.25) is 0 Å². The van der Waals surface area contributed by atoms with Crippen LogP contribution in [0.15, 0.2) is 52.9 Å². The number of fused-ring (bicyclic) bond motifs is 1. The maximum Gasteiger partial charge on any atom is 0.342 e. The molecule has 0 aliphatic heterocycles. The molecular weight excluding hydrogens is 334 g/mol. The number of ether oxygens (including phenoxy) is 1. The van der Waals surface area contributed by atoms with E-state index in [1.807, 2.05) is 30.3 Å². The van der Waals surface area contributed by atoms with Gasteiger partial charge in [0.1, 0.15) is 22.7 Å². The SMILES string of the molecule is Cc1ccc(C(=O)OCC(=O)N[C@@H](C)c2cc3ccccc3o2)c(O)c1. The minimum absolute atomic E-state index is 0.0220. The van der Waals surface area contributed by atoms with Gasteiger partial charge in [0.25, 0.3) is 5.91 Å². The minimum atomic E-state index is -0.756. The van der Waals surface area contributed by atoms with E-state index in [9.17, 15) is 14.7 Å². The van der Waals surface area contributed by atoms with E-state index in [-0.39, 0.29) is 17.4 Å². The second-order valence-corrected chi connectivity index (χ2v) is 6.07. The summed E-state index contributed by atoms with van der Waals surface area (Å²) in [5.41, 5.74) is 1.58. The fourth-order valence-electron chi connectivity index (χ4n) is 2.59. The van der Waals surface area contributed by atoms with E-state index < -0.39 is 18.5 Å². The van der Waals surface area contributed by atoms with Crippen LogP contribution in [-0.2, 0) is 9.53 Å². The zero-order valence-electron chi connectivity index (χ0n) is 14.5. The molecule has 2 aromatic carbocycles. The molecule has 1 atom stereocenters. The Balaban J connectivity index is 1.57. The standard InChI is InChI=1S/C20H19NO5/c1-12-7-8-15(16(22)9-12)20(24)25-11-19(23)21-13(2)18-10-14-5-3-4-6-17(14)26-18/h3-10,13,22H,11H2,1-2H3,(H,21,23)/t13-/m0/s1. The summed E-state index contributed by atoms with van der Waals surface area (Å²) in [5, 5.41) is 13.4. The molecule has 2 N–H and O–H groups in total. The molecule has 0 fully saturated rings. The van der Waals surface area contributed by atoms with Crippen molar-refractivity contribution in [3.63, 3.8) is 0 Å². The number of furan rings is 1. The summed E-state index contributed by atoms with van der Waals surface area (Å²) in [6.45, 7) is 3.13. The van der Waals surface area contributed by atoms with Gasteiger partial charge in [0.15, 0.2) is 6.61 Å². The lowest BCUT2D eigenvalue weighted by Gasteiger charge is -2.12. The van der Waals surface area contributed by atoms with Crippen LogP contribution in [0.5, 0.6) is 5.75 Å². The summed E-state index contributed by atoms with van der Waals surface area (Å²) in [6, 6.07) is 13.6. The van der Waals surface area contributed by atoms with Crippen LogP contribution >= 0.6 is 0 Å². The first-order chi connectivity index (χ1) is 12.4. The van der Waals surface area contributed by atoms with E-state index in [4.69, 9.17) is 9.15 Å². The number of aromatic hydroxyl groups is 1. The predicted octanol–water partition coefficient (Wildman–Crippen LogP) is 3.48. The average molecular weight is 353 g/mol. The normalized spacial score (nSPS) is 11.9. The Kier molecular flexibility index (Phi) is 4.93. The van der Waals surface area contributed by atoms with Crippen molar-refractivity contribution in [2.45, 2.75) is 19.9 Å². The Hall–Kier alpha value is -3.28. The van der Waals surface area contributed by atoms with Crippen LogP contribution in [0.25, 0.3) is 11.0 Å². The summed E-state index contributed by atoms with van der Waals surface area (Å²) in [6.07, 6.45) is 0. The number of rotatable bonds is 5. The van der Waals surface area contributed by atoms with Crippen molar-refractivity contribution in [1.82, 2.24) is 5.32 Å². The minimum Gasteiger partial charge on any atom is -0.507 e. The molecule has 3 aromatic rings. The van der Waals surface area contributed by atoms with Crippen molar-refractivity contribution in [3.05, 3.63) is 65.4 Å². The topological polar surface area (TPSA) is 88.8 Å². The summed E-state index contributed by atoms with van der Waals surface area (Å²) in [4.78, 5) is 24.0. The summed E-state index contributed by atoms with van der Waals surface area (Å²) in [7, 11) is 0. The van der Waals surface area contributed by atoms with Gasteiger partial charge in [0, 0.05) is 5.39 Å². The van der Waals surface area contributed by atoms with Crippen LogP contribution in [-0.4, -0.2) is 23.6 Å². The molecule has 0 saturated heterocycles. The number of nitrogens with one attached hydrogen (secondary N) is 1. The van der Waals surface area contributed by atoms with Gasteiger partial charge in [-0.1, -0.05) is 24.3 Å². The lowest BCUT2D eigenvalue weighted by atomic mass is 10.1. The van der Waals surface area contributed by atoms with Crippen molar-refractivity contribution >= 4 is 22.8 Å². The molecule has 26 heavy (non-hydrogen) atoms. The van der Waals surface area contributed by atoms with Gasteiger partial charge in [-0.05, 0) is 43.7 Å². The van der Waals surface area contributed by atoms with Crippen molar-refractivity contribution in [2.24, 2.45) is 0 Å². The van der Waals surface area contributed by atoms with E-state index in [0.717, 1.165) is 16.5 Å². The number of phenols is 1. The van der Waals surface area contributed by atoms with Gasteiger partial charge in [-0.25, -0.2) is 4.79 Å². The molecule has 6 nitrogen and oxygen atoms in total. The van der Waals surface area contributed by atoms with Crippen molar-refractivity contribution in [1.29, 1.82) is 0 Å². The molecule has 134 valence electrons. The summed E-state index contributed by atoms with van der Waals surface area (Å²) >= 11 is 0. The van der Waals surface area contributed by atoms with E-state index in [1.54, 1.807) is 19.9 Å². The monoisotopic (exact) mass is 353 g/mol. The second-order valence-electron chi connectivity index (χ2n) is 6.07. The van der Waals surface area contributed by atoms with Crippen LogP contribution < -0.4 is 5.32 Å². The van der Waals surface area contributed by atoms with E-state index >= 15 is 0 Å². The third-order valence-corrected chi connectivity index (χ3v) is 3.96. The molecule has 3 rings (SSSR count). The van der Waals surface area contributed by atoms with Gasteiger partial charge in [0.05, 0.1) is 6.04 Å². The zero-order chi connectivity index (χ0) is 18.7. The molecule has 6 heteroatoms. The molecule has 0 aliphatic rings. The fourth-order valence-corrected chi connectivity index (χ4v) is 2.59. The fraction of sp³-hybridized carbons (Fsp3) is 0.200. The second kappa shape index (κ2) is 7.31. The number of phenolic OH excluding ortho intramolecular Hbond substituents is 1. The number of carbonyl (C=O) groups excluding carboxylic acids is 2. The Morgan fingerprint density at radius 2 is 1.96 bits per heavy atom. The number of benzene rings is 2. The number of hydrogen-bond acceptors (Lipinski definition) is 5. The first kappa shape index (κ1) is 17.5. The Morgan fingerprint density at radius 1 is 1.19 bits per heavy atom. The molecule has 0 spiro atoms. The number of amides is 1. The highest BCUT2D eigenvalue weighted by atomic mass is 16.5. The van der Waals surface area contributed by atoms with Gasteiger partial charge in [-0.15, -0.1) is 0 Å². The number of aryl methyl sites for hydroxylation is 1. The van der Waals surface area contributed by atoms with Crippen molar-refractivity contribution in [2.75, 3.05) is 6.61 Å². The maximum atomic E-state index is 12.0. The first-order valence-corrected chi connectivity index (χ1v) is 8.18. The molecule has 1 aromatic heterocycles. The molecule has 1 amide bonds. The van der Waals surface area contributed by atoms with Crippen molar-refractivity contribution < 1.29 is 23.8 Å². The van der Waals surface area contributed by atoms with E-state index in [1.165, 1.54) is 12.1 Å². The molecule has 0 saturated carbocycles. The molecule has 0 bridgehead atoms. The highest BCUT2D eigenvalue weighted by Gasteiger charge is 2.17. The van der Waals surface area contributed by atoms with Gasteiger partial charge >= 0.3 is 5.97 Å². The largest absolute Gasteiger partial charge is 0.507 e. The summed E-state index contributed by atoms with van der Waals surface area (Å²) < 4.78 is 10.7. The van der Waals surface area contributed by atoms with Crippen LogP contribution in [0.4, 0.5) is 0 Å². The lowest BCUT2D eigenvalue weighted by Crippen LogP contribution is -2.31. The highest BCUT2D eigenvalue weighted by Crippen LogP contribution is 2.23. The van der Waals surface area contributed by atoms with E-state index in [2.05, 4.69) is 5.32 Å². The third kappa shape index (κ3) is 3.85. The van der Waals surface area contributed by atoms with Crippen LogP contribution in [0.1, 0.15) is 34.6 Å². The quantitative estimate of drug-likeness (QED) is 0.686. The average Bonchev–Trinajstić information content (AvgIpc) is 3.04. The molecule has 0 radical (unpaired) electrons. The molecule has 0 aliphatic carbocycles. The van der Waals surface area contributed by atoms with Crippen LogP contribution in [0, 0.1) is 6.92 Å².